The minimum Gasteiger partial charge on any atom is -0.354 e. The third kappa shape index (κ3) is 4.06. The highest BCUT2D eigenvalue weighted by molar-refractivity contribution is 14.1. The standard InChI is InChI=1S/C12H19IN4/c13-11-7-16-12(17-8-11)15-6-10-3-1-9(5-14)2-4-10/h7-10H,1-6,14H2,(H,15,16,17). The van der Waals surface area contributed by atoms with Crippen molar-refractivity contribution in [1.82, 2.24) is 9.97 Å². The van der Waals surface area contributed by atoms with Crippen LogP contribution in [0.1, 0.15) is 25.7 Å². The molecule has 0 unspecified atom stereocenters. The van der Waals surface area contributed by atoms with Crippen LogP contribution in [-0.2, 0) is 0 Å². The van der Waals surface area contributed by atoms with Crippen LogP contribution in [0.3, 0.4) is 0 Å². The Labute approximate surface area is 116 Å². The third-order valence-corrected chi connectivity index (χ3v) is 4.03. The summed E-state index contributed by atoms with van der Waals surface area (Å²) in [6, 6.07) is 0. The van der Waals surface area contributed by atoms with Gasteiger partial charge >= 0.3 is 0 Å². The van der Waals surface area contributed by atoms with Gasteiger partial charge in [-0.15, -0.1) is 0 Å². The normalized spacial score (nSPS) is 24.6. The first-order valence-electron chi connectivity index (χ1n) is 6.19. The van der Waals surface area contributed by atoms with Crippen LogP contribution in [0.15, 0.2) is 12.4 Å². The first kappa shape index (κ1) is 13.0. The van der Waals surface area contributed by atoms with Crippen molar-refractivity contribution in [2.24, 2.45) is 17.6 Å². The Morgan fingerprint density at radius 2 is 1.76 bits per heavy atom. The Morgan fingerprint density at radius 1 is 1.18 bits per heavy atom. The van der Waals surface area contributed by atoms with Gasteiger partial charge in [0.2, 0.25) is 5.95 Å². The zero-order valence-electron chi connectivity index (χ0n) is 9.90. The average molecular weight is 346 g/mol. The molecule has 0 aliphatic heterocycles. The Bertz CT molecular complexity index is 333. The Kier molecular flexibility index (Phi) is 4.97. The van der Waals surface area contributed by atoms with Crippen LogP contribution in [-0.4, -0.2) is 23.1 Å². The molecule has 1 heterocycles. The maximum Gasteiger partial charge on any atom is 0.222 e. The van der Waals surface area contributed by atoms with Gasteiger partial charge in [0.05, 0.1) is 0 Å². The maximum atomic E-state index is 5.69. The highest BCUT2D eigenvalue weighted by Crippen LogP contribution is 2.27. The molecule has 1 aliphatic rings. The van der Waals surface area contributed by atoms with Crippen LogP contribution in [0, 0.1) is 15.4 Å². The minimum atomic E-state index is 0.742. The monoisotopic (exact) mass is 346 g/mol. The largest absolute Gasteiger partial charge is 0.354 e. The lowest BCUT2D eigenvalue weighted by Crippen LogP contribution is -2.25. The van der Waals surface area contributed by atoms with E-state index in [1.165, 1.54) is 25.7 Å². The van der Waals surface area contributed by atoms with Gasteiger partial charge < -0.3 is 11.1 Å². The number of aromatic nitrogens is 2. The fraction of sp³-hybridized carbons (Fsp3) is 0.667. The summed E-state index contributed by atoms with van der Waals surface area (Å²) in [5.74, 6) is 2.24. The van der Waals surface area contributed by atoms with E-state index < -0.39 is 0 Å². The van der Waals surface area contributed by atoms with E-state index >= 15 is 0 Å². The predicted octanol–water partition coefficient (Wildman–Crippen LogP) is 2.26. The van der Waals surface area contributed by atoms with Crippen LogP contribution in [0.2, 0.25) is 0 Å². The zero-order valence-corrected chi connectivity index (χ0v) is 12.1. The summed E-state index contributed by atoms with van der Waals surface area (Å²) in [4.78, 5) is 8.49. The lowest BCUT2D eigenvalue weighted by Gasteiger charge is -2.27. The van der Waals surface area contributed by atoms with Crippen molar-refractivity contribution in [2.75, 3.05) is 18.4 Å². The lowest BCUT2D eigenvalue weighted by atomic mass is 9.82. The van der Waals surface area contributed by atoms with Crippen molar-refractivity contribution in [3.8, 4) is 0 Å². The maximum absolute atomic E-state index is 5.69. The Balaban J connectivity index is 1.74. The first-order chi connectivity index (χ1) is 8.28. The fourth-order valence-electron chi connectivity index (χ4n) is 2.31. The summed E-state index contributed by atoms with van der Waals surface area (Å²) >= 11 is 2.21. The van der Waals surface area contributed by atoms with Crippen LogP contribution in [0.4, 0.5) is 5.95 Å². The topological polar surface area (TPSA) is 63.8 Å². The van der Waals surface area contributed by atoms with Crippen LogP contribution >= 0.6 is 22.6 Å². The van der Waals surface area contributed by atoms with E-state index in [-0.39, 0.29) is 0 Å². The van der Waals surface area contributed by atoms with Crippen LogP contribution in [0.5, 0.6) is 0 Å². The summed E-state index contributed by atoms with van der Waals surface area (Å²) in [6.45, 7) is 1.83. The van der Waals surface area contributed by atoms with Crippen molar-refractivity contribution < 1.29 is 0 Å². The SMILES string of the molecule is NCC1CCC(CNc2ncc(I)cn2)CC1. The molecule has 1 aromatic heterocycles. The molecule has 0 spiro atoms. The molecular formula is C12H19IN4. The van der Waals surface area contributed by atoms with Crippen molar-refractivity contribution in [2.45, 2.75) is 25.7 Å². The van der Waals surface area contributed by atoms with E-state index in [1.807, 2.05) is 12.4 Å². The molecule has 0 radical (unpaired) electrons. The smallest absolute Gasteiger partial charge is 0.222 e. The molecule has 1 fully saturated rings. The van der Waals surface area contributed by atoms with E-state index in [9.17, 15) is 0 Å². The molecule has 1 aliphatic carbocycles. The number of nitrogens with zero attached hydrogens (tertiary/aromatic N) is 2. The number of halogens is 1. The predicted molar refractivity (Wildman–Crippen MR) is 77.7 cm³/mol. The van der Waals surface area contributed by atoms with Gasteiger partial charge in [0.25, 0.3) is 0 Å². The molecule has 0 amide bonds. The number of rotatable bonds is 4. The van der Waals surface area contributed by atoms with Crippen LogP contribution in [0.25, 0.3) is 0 Å². The number of hydrogen-bond acceptors (Lipinski definition) is 4. The second kappa shape index (κ2) is 6.49. The molecule has 0 atom stereocenters. The zero-order chi connectivity index (χ0) is 12.1. The Hall–Kier alpha value is -0.430. The van der Waals surface area contributed by atoms with E-state index in [2.05, 4.69) is 37.9 Å². The summed E-state index contributed by atoms with van der Waals surface area (Å²) in [5, 5.41) is 3.32. The molecule has 4 nitrogen and oxygen atoms in total. The minimum absolute atomic E-state index is 0.742. The van der Waals surface area contributed by atoms with E-state index in [0.29, 0.717) is 0 Å². The molecule has 0 bridgehead atoms. The molecule has 94 valence electrons. The van der Waals surface area contributed by atoms with Crippen molar-refractivity contribution in [1.29, 1.82) is 0 Å². The molecule has 5 heteroatoms. The highest BCUT2D eigenvalue weighted by Gasteiger charge is 2.19. The van der Waals surface area contributed by atoms with Crippen LogP contribution < -0.4 is 11.1 Å². The van der Waals surface area contributed by atoms with Crippen molar-refractivity contribution in [3.63, 3.8) is 0 Å². The van der Waals surface area contributed by atoms with E-state index in [1.54, 1.807) is 0 Å². The van der Waals surface area contributed by atoms with Crippen molar-refractivity contribution in [3.05, 3.63) is 16.0 Å². The molecule has 2 rings (SSSR count). The summed E-state index contributed by atoms with van der Waals surface area (Å²) in [6.07, 6.45) is 8.77. The van der Waals surface area contributed by atoms with E-state index in [0.717, 1.165) is 34.4 Å². The number of anilines is 1. The molecule has 0 saturated heterocycles. The van der Waals surface area contributed by atoms with Gasteiger partial charge in [-0.3, -0.25) is 0 Å². The second-order valence-corrected chi connectivity index (χ2v) is 5.97. The molecular weight excluding hydrogens is 327 g/mol. The van der Waals surface area contributed by atoms with Crippen molar-refractivity contribution >= 4 is 28.5 Å². The van der Waals surface area contributed by atoms with Gasteiger partial charge in [-0.1, -0.05) is 0 Å². The van der Waals surface area contributed by atoms with E-state index in [4.69, 9.17) is 5.73 Å². The fourth-order valence-corrected chi connectivity index (χ4v) is 2.59. The van der Waals surface area contributed by atoms with Gasteiger partial charge in [0.1, 0.15) is 0 Å². The summed E-state index contributed by atoms with van der Waals surface area (Å²) < 4.78 is 1.07. The van der Waals surface area contributed by atoms with Gasteiger partial charge in [-0.25, -0.2) is 9.97 Å². The first-order valence-corrected chi connectivity index (χ1v) is 7.27. The molecule has 0 aromatic carbocycles. The lowest BCUT2D eigenvalue weighted by molar-refractivity contribution is 0.289. The van der Waals surface area contributed by atoms with Gasteiger partial charge in [0, 0.05) is 22.5 Å². The number of nitrogens with one attached hydrogen (secondary N) is 1. The van der Waals surface area contributed by atoms with Gasteiger partial charge in [-0.2, -0.15) is 0 Å². The number of nitrogens with two attached hydrogens (primary N) is 1. The molecule has 1 saturated carbocycles. The van der Waals surface area contributed by atoms with Gasteiger partial charge in [0.15, 0.2) is 0 Å². The average Bonchev–Trinajstić information content (AvgIpc) is 2.39. The third-order valence-electron chi connectivity index (χ3n) is 3.47. The summed E-state index contributed by atoms with van der Waals surface area (Å²) in [5.41, 5.74) is 5.69. The summed E-state index contributed by atoms with van der Waals surface area (Å²) in [7, 11) is 0. The molecule has 17 heavy (non-hydrogen) atoms. The molecule has 1 aromatic rings. The quantitative estimate of drug-likeness (QED) is 0.821. The number of hydrogen-bond donors (Lipinski definition) is 2. The van der Waals surface area contributed by atoms with Gasteiger partial charge in [-0.05, 0) is 66.7 Å². The molecule has 3 N–H and O–H groups in total. The Morgan fingerprint density at radius 3 is 2.35 bits per heavy atom. The second-order valence-electron chi connectivity index (χ2n) is 4.73. The highest BCUT2D eigenvalue weighted by atomic mass is 127.